The third kappa shape index (κ3) is 3.47. The Hall–Kier alpha value is -0.870. The first kappa shape index (κ1) is 11.2. The third-order valence-corrected chi connectivity index (χ3v) is 2.01. The van der Waals surface area contributed by atoms with E-state index in [1.54, 1.807) is 0 Å². The van der Waals surface area contributed by atoms with E-state index in [0.717, 1.165) is 37.5 Å². The highest BCUT2D eigenvalue weighted by Gasteiger charge is 2.06. The van der Waals surface area contributed by atoms with Crippen LogP contribution in [0.4, 0.5) is 0 Å². The van der Waals surface area contributed by atoms with E-state index in [4.69, 9.17) is 10.3 Å². The number of hydrogen-bond acceptors (Lipinski definition) is 4. The Bertz CT molecular complexity index is 258. The van der Waals surface area contributed by atoms with E-state index in [0.29, 0.717) is 5.92 Å². The minimum atomic E-state index is 0.403. The zero-order chi connectivity index (χ0) is 10.4. The number of nitrogens with two attached hydrogens (primary N) is 1. The van der Waals surface area contributed by atoms with Gasteiger partial charge in [-0.1, -0.05) is 19.0 Å². The van der Waals surface area contributed by atoms with E-state index in [2.05, 4.69) is 24.3 Å². The normalized spacial score (nSPS) is 11.1. The summed E-state index contributed by atoms with van der Waals surface area (Å²) in [6, 6.07) is 2.00. The second-order valence-corrected chi connectivity index (χ2v) is 3.69. The molecule has 0 saturated carbocycles. The van der Waals surface area contributed by atoms with E-state index in [1.165, 1.54) is 0 Å². The molecular formula is C10H19N3O. The molecule has 0 fully saturated rings. The Morgan fingerprint density at radius 2 is 2.36 bits per heavy atom. The molecule has 14 heavy (non-hydrogen) atoms. The van der Waals surface area contributed by atoms with E-state index >= 15 is 0 Å². The molecule has 0 aliphatic heterocycles. The van der Waals surface area contributed by atoms with Crippen molar-refractivity contribution in [1.82, 2.24) is 10.5 Å². The molecule has 1 aromatic rings. The molecule has 0 aliphatic rings. The first-order valence-corrected chi connectivity index (χ1v) is 5.10. The minimum Gasteiger partial charge on any atom is -0.361 e. The van der Waals surface area contributed by atoms with Gasteiger partial charge in [-0.2, -0.15) is 0 Å². The summed E-state index contributed by atoms with van der Waals surface area (Å²) >= 11 is 0. The zero-order valence-corrected chi connectivity index (χ0v) is 8.92. The van der Waals surface area contributed by atoms with E-state index in [-0.39, 0.29) is 0 Å². The average Bonchev–Trinajstić information content (AvgIpc) is 2.61. The molecule has 0 atom stereocenters. The third-order valence-electron chi connectivity index (χ3n) is 2.01. The number of nitrogens with zero attached hydrogens (tertiary/aromatic N) is 1. The maximum absolute atomic E-state index is 5.38. The van der Waals surface area contributed by atoms with Crippen LogP contribution in [0.3, 0.4) is 0 Å². The SMILES string of the molecule is CC(C)c1cc(CNCCCN)no1. The maximum atomic E-state index is 5.38. The van der Waals surface area contributed by atoms with Gasteiger partial charge in [0.25, 0.3) is 0 Å². The Morgan fingerprint density at radius 1 is 1.57 bits per heavy atom. The summed E-state index contributed by atoms with van der Waals surface area (Å²) in [4.78, 5) is 0. The summed E-state index contributed by atoms with van der Waals surface area (Å²) in [5.74, 6) is 1.35. The van der Waals surface area contributed by atoms with Crippen LogP contribution in [0.15, 0.2) is 10.6 Å². The monoisotopic (exact) mass is 197 g/mol. The molecule has 0 bridgehead atoms. The van der Waals surface area contributed by atoms with E-state index < -0.39 is 0 Å². The molecular weight excluding hydrogens is 178 g/mol. The van der Waals surface area contributed by atoms with Gasteiger partial charge < -0.3 is 15.6 Å². The molecule has 4 heteroatoms. The van der Waals surface area contributed by atoms with Crippen molar-refractivity contribution in [2.75, 3.05) is 13.1 Å². The predicted molar refractivity (Wildman–Crippen MR) is 56.0 cm³/mol. The second-order valence-electron chi connectivity index (χ2n) is 3.69. The number of hydrogen-bond donors (Lipinski definition) is 2. The molecule has 1 heterocycles. The van der Waals surface area contributed by atoms with Gasteiger partial charge in [0.05, 0.1) is 5.69 Å². The van der Waals surface area contributed by atoms with Gasteiger partial charge in [0.2, 0.25) is 0 Å². The second kappa shape index (κ2) is 5.78. The molecule has 0 amide bonds. The Kier molecular flexibility index (Phi) is 4.62. The van der Waals surface area contributed by atoms with Gasteiger partial charge in [0, 0.05) is 18.5 Å². The van der Waals surface area contributed by atoms with Gasteiger partial charge in [0.15, 0.2) is 0 Å². The molecule has 0 spiro atoms. The molecule has 4 nitrogen and oxygen atoms in total. The van der Waals surface area contributed by atoms with Gasteiger partial charge in [-0.3, -0.25) is 0 Å². The van der Waals surface area contributed by atoms with Crippen molar-refractivity contribution in [3.05, 3.63) is 17.5 Å². The summed E-state index contributed by atoms with van der Waals surface area (Å²) in [7, 11) is 0. The van der Waals surface area contributed by atoms with Gasteiger partial charge in [-0.05, 0) is 19.5 Å². The highest BCUT2D eigenvalue weighted by molar-refractivity contribution is 5.08. The Morgan fingerprint density at radius 3 is 2.93 bits per heavy atom. The van der Waals surface area contributed by atoms with Crippen LogP contribution in [0.25, 0.3) is 0 Å². The molecule has 0 unspecified atom stereocenters. The first-order chi connectivity index (χ1) is 6.74. The van der Waals surface area contributed by atoms with Crippen LogP contribution in [0.2, 0.25) is 0 Å². The van der Waals surface area contributed by atoms with Crippen LogP contribution in [0.5, 0.6) is 0 Å². The summed E-state index contributed by atoms with van der Waals surface area (Å²) in [6.45, 7) is 6.60. The lowest BCUT2D eigenvalue weighted by molar-refractivity contribution is 0.364. The van der Waals surface area contributed by atoms with Crippen LogP contribution in [-0.4, -0.2) is 18.2 Å². The van der Waals surface area contributed by atoms with E-state index in [9.17, 15) is 0 Å². The highest BCUT2D eigenvalue weighted by atomic mass is 16.5. The van der Waals surface area contributed by atoms with Crippen molar-refractivity contribution in [1.29, 1.82) is 0 Å². The highest BCUT2D eigenvalue weighted by Crippen LogP contribution is 2.14. The molecule has 0 saturated heterocycles. The molecule has 0 aromatic carbocycles. The lowest BCUT2D eigenvalue weighted by Gasteiger charge is -1.98. The summed E-state index contributed by atoms with van der Waals surface area (Å²) in [5.41, 5.74) is 6.34. The first-order valence-electron chi connectivity index (χ1n) is 5.10. The van der Waals surface area contributed by atoms with Crippen LogP contribution < -0.4 is 11.1 Å². The summed E-state index contributed by atoms with van der Waals surface area (Å²) in [5, 5.41) is 7.22. The minimum absolute atomic E-state index is 0.403. The predicted octanol–water partition coefficient (Wildman–Crippen LogP) is 1.24. The standard InChI is InChI=1S/C10H19N3O/c1-8(2)10-6-9(13-14-10)7-12-5-3-4-11/h6,8,12H,3-5,7,11H2,1-2H3. The lowest BCUT2D eigenvalue weighted by atomic mass is 10.1. The zero-order valence-electron chi connectivity index (χ0n) is 8.92. The summed E-state index contributed by atoms with van der Waals surface area (Å²) in [6.07, 6.45) is 0.995. The number of aromatic nitrogens is 1. The molecule has 80 valence electrons. The average molecular weight is 197 g/mol. The van der Waals surface area contributed by atoms with Crippen LogP contribution in [-0.2, 0) is 6.54 Å². The summed E-state index contributed by atoms with van der Waals surface area (Å²) < 4.78 is 5.17. The Balaban J connectivity index is 2.29. The quantitative estimate of drug-likeness (QED) is 0.673. The van der Waals surface area contributed by atoms with Gasteiger partial charge in [-0.25, -0.2) is 0 Å². The number of rotatable bonds is 6. The van der Waals surface area contributed by atoms with Gasteiger partial charge in [-0.15, -0.1) is 0 Å². The fourth-order valence-corrected chi connectivity index (χ4v) is 1.13. The van der Waals surface area contributed by atoms with Crippen molar-refractivity contribution in [2.24, 2.45) is 5.73 Å². The van der Waals surface area contributed by atoms with Crippen molar-refractivity contribution < 1.29 is 4.52 Å². The molecule has 0 radical (unpaired) electrons. The molecule has 0 aliphatic carbocycles. The van der Waals surface area contributed by atoms with E-state index in [1.807, 2.05) is 6.07 Å². The van der Waals surface area contributed by atoms with Crippen molar-refractivity contribution in [3.63, 3.8) is 0 Å². The molecule has 3 N–H and O–H groups in total. The number of nitrogens with one attached hydrogen (secondary N) is 1. The maximum Gasteiger partial charge on any atom is 0.139 e. The van der Waals surface area contributed by atoms with Crippen LogP contribution in [0.1, 0.15) is 37.6 Å². The lowest BCUT2D eigenvalue weighted by Crippen LogP contribution is -2.17. The topological polar surface area (TPSA) is 64.1 Å². The van der Waals surface area contributed by atoms with Crippen molar-refractivity contribution in [2.45, 2.75) is 32.7 Å². The fourth-order valence-electron chi connectivity index (χ4n) is 1.13. The Labute approximate surface area is 84.8 Å². The van der Waals surface area contributed by atoms with Crippen molar-refractivity contribution in [3.8, 4) is 0 Å². The van der Waals surface area contributed by atoms with Crippen LogP contribution >= 0.6 is 0 Å². The molecule has 1 aromatic heterocycles. The smallest absolute Gasteiger partial charge is 0.139 e. The fraction of sp³-hybridized carbons (Fsp3) is 0.700. The van der Waals surface area contributed by atoms with Gasteiger partial charge >= 0.3 is 0 Å². The largest absolute Gasteiger partial charge is 0.361 e. The van der Waals surface area contributed by atoms with Crippen LogP contribution in [0, 0.1) is 0 Å². The molecule has 1 rings (SSSR count). The van der Waals surface area contributed by atoms with Gasteiger partial charge in [0.1, 0.15) is 5.76 Å². The van der Waals surface area contributed by atoms with Crippen molar-refractivity contribution >= 4 is 0 Å².